The normalized spacial score (nSPS) is 13.0. The summed E-state index contributed by atoms with van der Waals surface area (Å²) in [6.45, 7) is 8.30. The minimum atomic E-state index is 0.0163. The lowest BCUT2D eigenvalue weighted by molar-refractivity contribution is 0.708. The first-order chi connectivity index (χ1) is 10.5. The molecule has 7 nitrogen and oxygen atoms in total. The predicted molar refractivity (Wildman–Crippen MR) is 84.9 cm³/mol. The van der Waals surface area contributed by atoms with Crippen LogP contribution >= 0.6 is 0 Å². The Balaban J connectivity index is 2.03. The summed E-state index contributed by atoms with van der Waals surface area (Å²) < 4.78 is 3.75. The zero-order valence-electron chi connectivity index (χ0n) is 13.6. The van der Waals surface area contributed by atoms with E-state index in [-0.39, 0.29) is 6.04 Å². The average Bonchev–Trinajstić information content (AvgIpc) is 3.03. The molecule has 7 heteroatoms. The zero-order valence-corrected chi connectivity index (χ0v) is 13.6. The van der Waals surface area contributed by atoms with Crippen LogP contribution in [0.4, 0.5) is 5.82 Å². The summed E-state index contributed by atoms with van der Waals surface area (Å²) in [6.07, 6.45) is 1.70. The van der Waals surface area contributed by atoms with Gasteiger partial charge in [-0.1, -0.05) is 13.8 Å². The Morgan fingerprint density at radius 3 is 2.59 bits per heavy atom. The fourth-order valence-corrected chi connectivity index (χ4v) is 2.48. The molecular weight excluding hydrogens is 278 g/mol. The molecule has 0 saturated heterocycles. The minimum Gasteiger partial charge on any atom is -0.360 e. The number of anilines is 1. The van der Waals surface area contributed by atoms with Gasteiger partial charge >= 0.3 is 0 Å². The maximum absolute atomic E-state index is 4.67. The third-order valence-electron chi connectivity index (χ3n) is 3.66. The van der Waals surface area contributed by atoms with Crippen LogP contribution in [0.3, 0.4) is 0 Å². The third-order valence-corrected chi connectivity index (χ3v) is 3.66. The van der Waals surface area contributed by atoms with Crippen molar-refractivity contribution in [3.8, 4) is 0 Å². The molecule has 0 spiro atoms. The van der Waals surface area contributed by atoms with Crippen LogP contribution in [0.5, 0.6) is 0 Å². The summed E-state index contributed by atoms with van der Waals surface area (Å²) in [7, 11) is 1.94. The van der Waals surface area contributed by atoms with Gasteiger partial charge in [-0.3, -0.25) is 0 Å². The Labute approximate surface area is 129 Å². The Hall–Kier alpha value is -2.44. The molecule has 3 rings (SSSR count). The van der Waals surface area contributed by atoms with Crippen molar-refractivity contribution in [2.75, 3.05) is 5.32 Å². The second kappa shape index (κ2) is 5.40. The number of hydrogen-bond acceptors (Lipinski definition) is 5. The number of nitrogens with one attached hydrogen (secondary N) is 1. The molecule has 3 aromatic rings. The van der Waals surface area contributed by atoms with Gasteiger partial charge in [0.25, 0.3) is 0 Å². The van der Waals surface area contributed by atoms with Crippen LogP contribution in [0.25, 0.3) is 5.65 Å². The number of rotatable bonds is 4. The molecular formula is C15H21N7. The summed E-state index contributed by atoms with van der Waals surface area (Å²) in [5.74, 6) is 2.14. The number of nitrogens with zero attached hydrogens (tertiary/aromatic N) is 6. The quantitative estimate of drug-likeness (QED) is 0.801. The lowest BCUT2D eigenvalue weighted by atomic mass is 10.1. The van der Waals surface area contributed by atoms with Gasteiger partial charge < -0.3 is 9.88 Å². The maximum Gasteiger partial charge on any atom is 0.157 e. The molecule has 3 heterocycles. The monoisotopic (exact) mass is 299 g/mol. The van der Waals surface area contributed by atoms with E-state index in [1.807, 2.05) is 29.1 Å². The zero-order chi connectivity index (χ0) is 15.9. The van der Waals surface area contributed by atoms with Crippen LogP contribution in [0.1, 0.15) is 49.9 Å². The van der Waals surface area contributed by atoms with Crippen LogP contribution in [-0.2, 0) is 7.05 Å². The van der Waals surface area contributed by atoms with E-state index in [4.69, 9.17) is 0 Å². The molecule has 0 aromatic carbocycles. The lowest BCUT2D eigenvalue weighted by Crippen LogP contribution is -2.15. The van der Waals surface area contributed by atoms with Gasteiger partial charge in [-0.2, -0.15) is 9.61 Å². The van der Waals surface area contributed by atoms with Gasteiger partial charge in [0, 0.05) is 24.9 Å². The number of aromatic nitrogens is 6. The van der Waals surface area contributed by atoms with Crippen LogP contribution in [0.2, 0.25) is 0 Å². The summed E-state index contributed by atoms with van der Waals surface area (Å²) in [5, 5.41) is 16.1. The van der Waals surface area contributed by atoms with Gasteiger partial charge in [-0.25, -0.2) is 4.98 Å². The highest BCUT2D eigenvalue weighted by Gasteiger charge is 2.15. The third kappa shape index (κ3) is 2.54. The Morgan fingerprint density at radius 1 is 1.18 bits per heavy atom. The molecule has 22 heavy (non-hydrogen) atoms. The highest BCUT2D eigenvalue weighted by molar-refractivity contribution is 5.51. The van der Waals surface area contributed by atoms with Gasteiger partial charge in [-0.05, 0) is 19.8 Å². The Kier molecular flexibility index (Phi) is 3.56. The van der Waals surface area contributed by atoms with Crippen molar-refractivity contribution < 1.29 is 0 Å². The van der Waals surface area contributed by atoms with Crippen molar-refractivity contribution in [2.24, 2.45) is 7.05 Å². The first kappa shape index (κ1) is 14.5. The fourth-order valence-electron chi connectivity index (χ4n) is 2.48. The Bertz CT molecular complexity index is 799. The summed E-state index contributed by atoms with van der Waals surface area (Å²) >= 11 is 0. The highest BCUT2D eigenvalue weighted by Crippen LogP contribution is 2.22. The van der Waals surface area contributed by atoms with E-state index in [0.717, 1.165) is 28.7 Å². The van der Waals surface area contributed by atoms with Crippen molar-refractivity contribution in [3.63, 3.8) is 0 Å². The van der Waals surface area contributed by atoms with Crippen LogP contribution in [0.15, 0.2) is 18.5 Å². The summed E-state index contributed by atoms with van der Waals surface area (Å²) in [5.41, 5.74) is 2.85. The number of hydrogen-bond donors (Lipinski definition) is 1. The minimum absolute atomic E-state index is 0.0163. The average molecular weight is 299 g/mol. The number of fused-ring (bicyclic) bond motifs is 1. The van der Waals surface area contributed by atoms with E-state index in [1.54, 1.807) is 6.33 Å². The molecule has 0 saturated carbocycles. The summed E-state index contributed by atoms with van der Waals surface area (Å²) in [4.78, 5) is 4.67. The van der Waals surface area contributed by atoms with E-state index >= 15 is 0 Å². The molecule has 0 amide bonds. The first-order valence-corrected chi connectivity index (χ1v) is 7.43. The molecule has 1 N–H and O–H groups in total. The molecule has 0 aliphatic heterocycles. The van der Waals surface area contributed by atoms with Gasteiger partial charge in [0.1, 0.15) is 12.1 Å². The van der Waals surface area contributed by atoms with Crippen LogP contribution < -0.4 is 5.32 Å². The predicted octanol–water partition coefficient (Wildman–Crippen LogP) is 2.46. The molecule has 0 aliphatic carbocycles. The van der Waals surface area contributed by atoms with Gasteiger partial charge in [0.2, 0.25) is 0 Å². The molecule has 0 fully saturated rings. The van der Waals surface area contributed by atoms with Crippen molar-refractivity contribution in [1.82, 2.24) is 29.4 Å². The van der Waals surface area contributed by atoms with E-state index < -0.39 is 0 Å². The van der Waals surface area contributed by atoms with Crippen molar-refractivity contribution in [1.29, 1.82) is 0 Å². The molecule has 0 bridgehead atoms. The van der Waals surface area contributed by atoms with Crippen LogP contribution in [-0.4, -0.2) is 29.4 Å². The molecule has 1 atom stereocenters. The smallest absolute Gasteiger partial charge is 0.157 e. The fraction of sp³-hybridized carbons (Fsp3) is 0.467. The van der Waals surface area contributed by atoms with Crippen molar-refractivity contribution in [2.45, 2.75) is 39.7 Å². The number of aryl methyl sites for hydroxylation is 2. The summed E-state index contributed by atoms with van der Waals surface area (Å²) in [6, 6.07) is 4.06. The second-order valence-corrected chi connectivity index (χ2v) is 5.94. The lowest BCUT2D eigenvalue weighted by Gasteiger charge is -2.16. The molecule has 1 unspecified atom stereocenters. The Morgan fingerprint density at radius 2 is 1.95 bits per heavy atom. The van der Waals surface area contributed by atoms with E-state index in [9.17, 15) is 0 Å². The largest absolute Gasteiger partial charge is 0.360 e. The topological polar surface area (TPSA) is 72.9 Å². The molecule has 116 valence electrons. The van der Waals surface area contributed by atoms with Crippen molar-refractivity contribution >= 4 is 11.5 Å². The molecule has 0 aliphatic rings. The SMILES string of the molecule is Cc1cc2nc(C(C)C)cc(NC(C)c3nncn3C)n2n1. The van der Waals surface area contributed by atoms with Gasteiger partial charge in [0.15, 0.2) is 11.5 Å². The van der Waals surface area contributed by atoms with E-state index in [0.29, 0.717) is 5.92 Å². The van der Waals surface area contributed by atoms with Crippen molar-refractivity contribution in [3.05, 3.63) is 35.7 Å². The maximum atomic E-state index is 4.67. The highest BCUT2D eigenvalue weighted by atomic mass is 15.3. The van der Waals surface area contributed by atoms with E-state index in [2.05, 4.69) is 52.4 Å². The van der Waals surface area contributed by atoms with Crippen LogP contribution in [0, 0.1) is 6.92 Å². The molecule has 0 radical (unpaired) electrons. The van der Waals surface area contributed by atoms with Gasteiger partial charge in [0.05, 0.1) is 11.7 Å². The second-order valence-electron chi connectivity index (χ2n) is 5.94. The van der Waals surface area contributed by atoms with E-state index in [1.165, 1.54) is 0 Å². The standard InChI is InChI=1S/C15H21N7/c1-9(2)12-7-14(22-13(18-12)6-10(3)20-22)17-11(4)15-19-16-8-21(15)5/h6-9,11,17H,1-5H3. The molecule has 3 aromatic heterocycles. The van der Waals surface area contributed by atoms with Gasteiger partial charge in [-0.15, -0.1) is 10.2 Å². The first-order valence-electron chi connectivity index (χ1n) is 7.43.